The third-order valence-corrected chi connectivity index (χ3v) is 1.56. The van der Waals surface area contributed by atoms with Gasteiger partial charge < -0.3 is 10.1 Å². The molecule has 0 amide bonds. The van der Waals surface area contributed by atoms with E-state index in [0.717, 1.165) is 11.8 Å². The van der Waals surface area contributed by atoms with Crippen LogP contribution in [0.3, 0.4) is 0 Å². The highest BCUT2D eigenvalue weighted by molar-refractivity contribution is 6.15. The van der Waals surface area contributed by atoms with Crippen LogP contribution < -0.4 is 5.32 Å². The van der Waals surface area contributed by atoms with E-state index in [2.05, 4.69) is 16.9 Å². The summed E-state index contributed by atoms with van der Waals surface area (Å²) in [4.78, 5) is 10.1. The molecule has 0 saturated heterocycles. The predicted octanol–water partition coefficient (Wildman–Crippen LogP) is 3.45. The standard InChI is InChI=1S/C9H10O.C2H7N.C2H6.CH3Cl/c1-8-4-2-3-5-9(8)6-7-10;1-3-2;2*1-2/h2-5,7H,6H2,1H3;3H,1-2H3;1-2H3;1H3. The molecule has 0 fully saturated rings. The SMILES string of the molecule is CC.CCl.CNC.Cc1ccccc1CC=O. The van der Waals surface area contributed by atoms with Crippen molar-refractivity contribution in [3.63, 3.8) is 0 Å². The maximum atomic E-state index is 10.1. The van der Waals surface area contributed by atoms with Gasteiger partial charge in [0, 0.05) is 12.8 Å². The summed E-state index contributed by atoms with van der Waals surface area (Å²) in [6, 6.07) is 7.91. The van der Waals surface area contributed by atoms with Gasteiger partial charge >= 0.3 is 0 Å². The van der Waals surface area contributed by atoms with Crippen molar-refractivity contribution < 1.29 is 4.79 Å². The zero-order valence-corrected chi connectivity index (χ0v) is 12.6. The second kappa shape index (κ2) is 20.5. The Hall–Kier alpha value is -0.860. The van der Waals surface area contributed by atoms with Crippen LogP contribution in [0.25, 0.3) is 0 Å². The van der Waals surface area contributed by atoms with Crippen molar-refractivity contribution in [2.24, 2.45) is 0 Å². The highest BCUT2D eigenvalue weighted by Gasteiger charge is 1.92. The van der Waals surface area contributed by atoms with E-state index < -0.39 is 0 Å². The van der Waals surface area contributed by atoms with Crippen LogP contribution in [0.1, 0.15) is 25.0 Å². The van der Waals surface area contributed by atoms with Crippen molar-refractivity contribution in [3.8, 4) is 0 Å². The van der Waals surface area contributed by atoms with E-state index in [0.29, 0.717) is 6.42 Å². The number of nitrogens with one attached hydrogen (secondary N) is 1. The number of halogens is 1. The first-order valence-electron chi connectivity index (χ1n) is 5.70. The number of hydrogen-bond acceptors (Lipinski definition) is 2. The number of benzene rings is 1. The Labute approximate surface area is 111 Å². The second-order valence-electron chi connectivity index (χ2n) is 2.80. The van der Waals surface area contributed by atoms with Gasteiger partial charge in [-0.15, -0.1) is 11.6 Å². The van der Waals surface area contributed by atoms with Crippen LogP contribution >= 0.6 is 11.6 Å². The van der Waals surface area contributed by atoms with Crippen molar-refractivity contribution >= 4 is 17.9 Å². The van der Waals surface area contributed by atoms with Crippen LogP contribution in [0, 0.1) is 6.92 Å². The van der Waals surface area contributed by atoms with Gasteiger partial charge in [0.2, 0.25) is 0 Å². The molecule has 0 aliphatic carbocycles. The van der Waals surface area contributed by atoms with E-state index >= 15 is 0 Å². The fourth-order valence-corrected chi connectivity index (χ4v) is 0.929. The summed E-state index contributed by atoms with van der Waals surface area (Å²) in [5.41, 5.74) is 2.31. The van der Waals surface area contributed by atoms with Crippen molar-refractivity contribution in [3.05, 3.63) is 35.4 Å². The van der Waals surface area contributed by atoms with E-state index in [1.54, 1.807) is 0 Å². The van der Waals surface area contributed by atoms with Crippen molar-refractivity contribution in [1.82, 2.24) is 5.32 Å². The third kappa shape index (κ3) is 15.1. The van der Waals surface area contributed by atoms with E-state index in [4.69, 9.17) is 0 Å². The van der Waals surface area contributed by atoms with Crippen LogP contribution in [0.15, 0.2) is 24.3 Å². The minimum absolute atomic E-state index is 0.534. The number of rotatable bonds is 2. The lowest BCUT2D eigenvalue weighted by atomic mass is 10.1. The first kappa shape index (κ1) is 21.4. The van der Waals surface area contributed by atoms with Crippen LogP contribution in [0.4, 0.5) is 0 Å². The Morgan fingerprint density at radius 2 is 1.59 bits per heavy atom. The van der Waals surface area contributed by atoms with E-state index in [1.165, 1.54) is 11.9 Å². The zero-order valence-electron chi connectivity index (χ0n) is 11.9. The molecule has 100 valence electrons. The van der Waals surface area contributed by atoms with Gasteiger partial charge in [-0.05, 0) is 32.1 Å². The Morgan fingerprint density at radius 1 is 1.18 bits per heavy atom. The second-order valence-corrected chi connectivity index (χ2v) is 2.80. The van der Waals surface area contributed by atoms with E-state index in [1.807, 2.05) is 59.1 Å². The van der Waals surface area contributed by atoms with Crippen molar-refractivity contribution in [1.29, 1.82) is 0 Å². The minimum Gasteiger partial charge on any atom is -0.323 e. The molecule has 1 N–H and O–H groups in total. The van der Waals surface area contributed by atoms with Gasteiger partial charge in [0.25, 0.3) is 0 Å². The quantitative estimate of drug-likeness (QED) is 0.651. The van der Waals surface area contributed by atoms with Crippen molar-refractivity contribution in [2.75, 3.05) is 20.5 Å². The highest BCUT2D eigenvalue weighted by atomic mass is 35.5. The third-order valence-electron chi connectivity index (χ3n) is 1.56. The number of aryl methyl sites for hydroxylation is 1. The molecule has 1 aromatic carbocycles. The number of carbonyl (C=O) groups is 1. The van der Waals surface area contributed by atoms with Gasteiger partial charge in [0.1, 0.15) is 6.29 Å². The maximum absolute atomic E-state index is 10.1. The number of carbonyl (C=O) groups excluding carboxylic acids is 1. The molecule has 0 atom stereocenters. The van der Waals surface area contributed by atoms with Crippen LogP contribution in [-0.4, -0.2) is 26.8 Å². The van der Waals surface area contributed by atoms with Crippen LogP contribution in [0.5, 0.6) is 0 Å². The molecule has 1 rings (SSSR count). The molecule has 0 saturated carbocycles. The Kier molecular flexibility index (Phi) is 25.9. The summed E-state index contributed by atoms with van der Waals surface area (Å²) < 4.78 is 0. The molecule has 0 bridgehead atoms. The first-order chi connectivity index (χ1) is 8.26. The molecule has 3 heteroatoms. The molecule has 0 unspecified atom stereocenters. The zero-order chi connectivity index (χ0) is 14.1. The fraction of sp³-hybridized carbons (Fsp3) is 0.500. The largest absolute Gasteiger partial charge is 0.323 e. The average molecular weight is 260 g/mol. The van der Waals surface area contributed by atoms with Crippen LogP contribution in [0.2, 0.25) is 0 Å². The predicted molar refractivity (Wildman–Crippen MR) is 79.1 cm³/mol. The highest BCUT2D eigenvalue weighted by Crippen LogP contribution is 2.05. The Bertz CT molecular complexity index is 252. The van der Waals surface area contributed by atoms with Gasteiger partial charge in [-0.1, -0.05) is 38.1 Å². The summed E-state index contributed by atoms with van der Waals surface area (Å²) in [6.07, 6.45) is 2.94. The fourth-order valence-electron chi connectivity index (χ4n) is 0.929. The monoisotopic (exact) mass is 259 g/mol. The molecule has 0 aliphatic rings. The molecule has 0 spiro atoms. The summed E-state index contributed by atoms with van der Waals surface area (Å²) in [7, 11) is 3.75. The molecule has 17 heavy (non-hydrogen) atoms. The lowest BCUT2D eigenvalue weighted by Gasteiger charge is -1.97. The summed E-state index contributed by atoms with van der Waals surface area (Å²) in [5, 5.41) is 2.75. The average Bonchev–Trinajstić information content (AvgIpc) is 2.38. The lowest BCUT2D eigenvalue weighted by molar-refractivity contribution is -0.107. The van der Waals surface area contributed by atoms with Gasteiger partial charge in [-0.25, -0.2) is 0 Å². The minimum atomic E-state index is 0.534. The topological polar surface area (TPSA) is 29.1 Å². The van der Waals surface area contributed by atoms with Crippen LogP contribution in [-0.2, 0) is 11.2 Å². The summed E-state index contributed by atoms with van der Waals surface area (Å²) in [5.74, 6) is 0. The van der Waals surface area contributed by atoms with Crippen molar-refractivity contribution in [2.45, 2.75) is 27.2 Å². The molecule has 1 aromatic rings. The number of alkyl halides is 1. The van der Waals surface area contributed by atoms with Gasteiger partial charge in [0.05, 0.1) is 0 Å². The molecule has 0 radical (unpaired) electrons. The molecule has 0 aromatic heterocycles. The summed E-state index contributed by atoms with van der Waals surface area (Å²) >= 11 is 4.64. The number of aldehydes is 1. The lowest BCUT2D eigenvalue weighted by Crippen LogP contribution is -1.89. The van der Waals surface area contributed by atoms with Gasteiger partial charge in [-0.2, -0.15) is 0 Å². The molecule has 2 nitrogen and oxygen atoms in total. The Balaban J connectivity index is -0.000000239. The summed E-state index contributed by atoms with van der Waals surface area (Å²) in [6.45, 7) is 6.01. The molecular formula is C14H26ClNO. The smallest absolute Gasteiger partial charge is 0.124 e. The van der Waals surface area contributed by atoms with Gasteiger partial charge in [-0.3, -0.25) is 0 Å². The van der Waals surface area contributed by atoms with Gasteiger partial charge in [0.15, 0.2) is 0 Å². The van der Waals surface area contributed by atoms with E-state index in [-0.39, 0.29) is 0 Å². The molecule has 0 aliphatic heterocycles. The normalized spacial score (nSPS) is 7.24. The maximum Gasteiger partial charge on any atom is 0.124 e. The van der Waals surface area contributed by atoms with E-state index in [9.17, 15) is 4.79 Å². The number of hydrogen-bond donors (Lipinski definition) is 1. The molecule has 0 heterocycles. The Morgan fingerprint density at radius 3 is 1.94 bits per heavy atom. The molecular weight excluding hydrogens is 234 g/mol. The first-order valence-corrected chi connectivity index (χ1v) is 6.46.